The lowest BCUT2D eigenvalue weighted by molar-refractivity contribution is 0.0715. The van der Waals surface area contributed by atoms with Crippen molar-refractivity contribution in [3.63, 3.8) is 0 Å². The molecule has 2 aromatic carbocycles. The molecule has 23 heavy (non-hydrogen) atoms. The average molecular weight is 310 g/mol. The van der Waals surface area contributed by atoms with Crippen molar-refractivity contribution in [1.29, 1.82) is 0 Å². The van der Waals surface area contributed by atoms with Crippen LogP contribution in [0.4, 0.5) is 5.69 Å². The normalized spacial score (nSPS) is 17.6. The first-order chi connectivity index (χ1) is 11.3. The molecule has 3 rings (SSSR count). The Morgan fingerprint density at radius 3 is 2.57 bits per heavy atom. The zero-order valence-electron chi connectivity index (χ0n) is 13.4. The Labute approximate surface area is 137 Å². The van der Waals surface area contributed by atoms with Crippen LogP contribution in [0, 0.1) is 0 Å². The molecule has 120 valence electrons. The van der Waals surface area contributed by atoms with Gasteiger partial charge in [-0.15, -0.1) is 0 Å². The lowest BCUT2D eigenvalue weighted by Crippen LogP contribution is -2.45. The summed E-state index contributed by atoms with van der Waals surface area (Å²) >= 11 is 0. The number of nitrogens with zero attached hydrogens (tertiary/aromatic N) is 1. The van der Waals surface area contributed by atoms with E-state index < -0.39 is 0 Å². The molecule has 1 saturated heterocycles. The van der Waals surface area contributed by atoms with Crippen LogP contribution in [-0.2, 0) is 0 Å². The van der Waals surface area contributed by atoms with Gasteiger partial charge in [-0.3, -0.25) is 4.79 Å². The maximum atomic E-state index is 12.7. The molecule has 1 aliphatic rings. The van der Waals surface area contributed by atoms with Crippen molar-refractivity contribution in [1.82, 2.24) is 4.90 Å². The summed E-state index contributed by atoms with van der Waals surface area (Å²) in [5, 5.41) is 3.52. The molecule has 1 fully saturated rings. The number of ether oxygens (including phenoxy) is 1. The van der Waals surface area contributed by atoms with Crippen LogP contribution in [0.25, 0.3) is 0 Å². The molecule has 4 nitrogen and oxygen atoms in total. The van der Waals surface area contributed by atoms with Gasteiger partial charge in [0.15, 0.2) is 0 Å². The highest BCUT2D eigenvalue weighted by Crippen LogP contribution is 2.19. The summed E-state index contributed by atoms with van der Waals surface area (Å²) in [4.78, 5) is 14.6. The fourth-order valence-corrected chi connectivity index (χ4v) is 2.97. The first kappa shape index (κ1) is 15.4. The number of methoxy groups -OCH3 is 1. The first-order valence-corrected chi connectivity index (χ1v) is 8.01. The molecule has 0 aliphatic carbocycles. The number of rotatable bonds is 4. The fourth-order valence-electron chi connectivity index (χ4n) is 2.97. The predicted molar refractivity (Wildman–Crippen MR) is 92.0 cm³/mol. The maximum absolute atomic E-state index is 12.7. The summed E-state index contributed by atoms with van der Waals surface area (Å²) in [7, 11) is 1.63. The van der Waals surface area contributed by atoms with Gasteiger partial charge >= 0.3 is 0 Å². The van der Waals surface area contributed by atoms with Crippen molar-refractivity contribution in [3.05, 3.63) is 60.2 Å². The van der Waals surface area contributed by atoms with E-state index in [2.05, 4.69) is 17.4 Å². The van der Waals surface area contributed by atoms with E-state index in [1.807, 2.05) is 47.4 Å². The number of carbonyl (C=O) groups excluding carboxylic acids is 1. The van der Waals surface area contributed by atoms with Gasteiger partial charge in [-0.25, -0.2) is 0 Å². The van der Waals surface area contributed by atoms with Gasteiger partial charge in [-0.2, -0.15) is 0 Å². The van der Waals surface area contributed by atoms with E-state index in [0.717, 1.165) is 37.4 Å². The second kappa shape index (κ2) is 7.18. The smallest absolute Gasteiger partial charge is 0.253 e. The lowest BCUT2D eigenvalue weighted by Gasteiger charge is -2.33. The Bertz CT molecular complexity index is 640. The number of amides is 1. The van der Waals surface area contributed by atoms with Crippen molar-refractivity contribution >= 4 is 11.6 Å². The van der Waals surface area contributed by atoms with E-state index in [-0.39, 0.29) is 5.91 Å². The average Bonchev–Trinajstić information content (AvgIpc) is 2.62. The van der Waals surface area contributed by atoms with Crippen molar-refractivity contribution in [3.8, 4) is 5.75 Å². The number of hydrogen-bond acceptors (Lipinski definition) is 3. The molecule has 1 heterocycles. The summed E-state index contributed by atoms with van der Waals surface area (Å²) in [6.45, 7) is 1.55. The molecule has 0 radical (unpaired) electrons. The number of likely N-dealkylation sites (tertiary alicyclic amines) is 1. The van der Waals surface area contributed by atoms with Gasteiger partial charge in [0, 0.05) is 30.4 Å². The topological polar surface area (TPSA) is 41.6 Å². The molecule has 1 amide bonds. The second-order valence-corrected chi connectivity index (χ2v) is 5.83. The highest BCUT2D eigenvalue weighted by Gasteiger charge is 2.24. The van der Waals surface area contributed by atoms with Gasteiger partial charge < -0.3 is 15.0 Å². The minimum Gasteiger partial charge on any atom is -0.497 e. The molecule has 0 saturated carbocycles. The molecule has 1 aliphatic heterocycles. The number of para-hydroxylation sites is 1. The van der Waals surface area contributed by atoms with Gasteiger partial charge in [-0.05, 0) is 49.2 Å². The van der Waals surface area contributed by atoms with Gasteiger partial charge in [0.05, 0.1) is 7.11 Å². The lowest BCUT2D eigenvalue weighted by atomic mass is 10.0. The third-order valence-corrected chi connectivity index (χ3v) is 4.19. The Morgan fingerprint density at radius 1 is 1.13 bits per heavy atom. The van der Waals surface area contributed by atoms with Crippen molar-refractivity contribution in [2.45, 2.75) is 18.9 Å². The second-order valence-electron chi connectivity index (χ2n) is 5.83. The molecule has 1 unspecified atom stereocenters. The standard InChI is InChI=1S/C19H22N2O2/c1-23-18-11-9-15(10-12-18)19(22)21-13-5-8-17(14-21)20-16-6-3-2-4-7-16/h2-4,6-7,9-12,17,20H,5,8,13-14H2,1H3. The molecule has 0 bridgehead atoms. The Morgan fingerprint density at radius 2 is 1.87 bits per heavy atom. The third-order valence-electron chi connectivity index (χ3n) is 4.19. The quantitative estimate of drug-likeness (QED) is 0.941. The van der Waals surface area contributed by atoms with Crippen LogP contribution in [0.3, 0.4) is 0 Å². The molecule has 2 aromatic rings. The van der Waals surface area contributed by atoms with E-state index >= 15 is 0 Å². The fraction of sp³-hybridized carbons (Fsp3) is 0.316. The van der Waals surface area contributed by atoms with Crippen LogP contribution >= 0.6 is 0 Å². The van der Waals surface area contributed by atoms with Gasteiger partial charge in [0.25, 0.3) is 5.91 Å². The van der Waals surface area contributed by atoms with E-state index in [0.29, 0.717) is 11.6 Å². The largest absolute Gasteiger partial charge is 0.497 e. The summed E-state index contributed by atoms with van der Waals surface area (Å²) in [5.41, 5.74) is 1.82. The zero-order chi connectivity index (χ0) is 16.1. The van der Waals surface area contributed by atoms with E-state index in [9.17, 15) is 4.79 Å². The highest BCUT2D eigenvalue weighted by molar-refractivity contribution is 5.94. The van der Waals surface area contributed by atoms with E-state index in [1.54, 1.807) is 7.11 Å². The molecule has 4 heteroatoms. The molecule has 1 N–H and O–H groups in total. The van der Waals surface area contributed by atoms with Gasteiger partial charge in [0.1, 0.15) is 5.75 Å². The Kier molecular flexibility index (Phi) is 4.81. The highest BCUT2D eigenvalue weighted by atomic mass is 16.5. The van der Waals surface area contributed by atoms with Crippen LogP contribution in [0.15, 0.2) is 54.6 Å². The van der Waals surface area contributed by atoms with Crippen LogP contribution in [0.5, 0.6) is 5.75 Å². The minimum absolute atomic E-state index is 0.0900. The number of carbonyl (C=O) groups is 1. The van der Waals surface area contributed by atoms with Crippen LogP contribution in [0.1, 0.15) is 23.2 Å². The van der Waals surface area contributed by atoms with Crippen molar-refractivity contribution in [2.24, 2.45) is 0 Å². The van der Waals surface area contributed by atoms with Crippen LogP contribution < -0.4 is 10.1 Å². The molecule has 1 atom stereocenters. The number of hydrogen-bond donors (Lipinski definition) is 1. The van der Waals surface area contributed by atoms with Crippen molar-refractivity contribution in [2.75, 3.05) is 25.5 Å². The molecule has 0 spiro atoms. The summed E-state index contributed by atoms with van der Waals surface area (Å²) in [5.74, 6) is 0.857. The number of piperidine rings is 1. The number of benzene rings is 2. The number of anilines is 1. The number of nitrogens with one attached hydrogen (secondary N) is 1. The maximum Gasteiger partial charge on any atom is 0.253 e. The third kappa shape index (κ3) is 3.83. The predicted octanol–water partition coefficient (Wildman–Crippen LogP) is 3.41. The Hall–Kier alpha value is -2.49. The Balaban J connectivity index is 1.64. The molecule has 0 aromatic heterocycles. The summed E-state index contributed by atoms with van der Waals surface area (Å²) in [6.07, 6.45) is 2.10. The SMILES string of the molecule is COc1ccc(C(=O)N2CCCC(Nc3ccccc3)C2)cc1. The van der Waals surface area contributed by atoms with Gasteiger partial charge in [-0.1, -0.05) is 18.2 Å². The zero-order valence-corrected chi connectivity index (χ0v) is 13.4. The summed E-state index contributed by atoms with van der Waals surface area (Å²) < 4.78 is 5.14. The van der Waals surface area contributed by atoms with Crippen LogP contribution in [-0.4, -0.2) is 37.0 Å². The van der Waals surface area contributed by atoms with Gasteiger partial charge in [0.2, 0.25) is 0 Å². The summed E-state index contributed by atoms with van der Waals surface area (Å²) in [6, 6.07) is 17.8. The molecular weight excluding hydrogens is 288 g/mol. The minimum atomic E-state index is 0.0900. The van der Waals surface area contributed by atoms with E-state index in [4.69, 9.17) is 4.74 Å². The van der Waals surface area contributed by atoms with E-state index in [1.165, 1.54) is 0 Å². The first-order valence-electron chi connectivity index (χ1n) is 8.01. The van der Waals surface area contributed by atoms with Crippen LogP contribution in [0.2, 0.25) is 0 Å². The molecular formula is C19H22N2O2. The monoisotopic (exact) mass is 310 g/mol. The van der Waals surface area contributed by atoms with Crippen molar-refractivity contribution < 1.29 is 9.53 Å².